The standard InChI is InChI=1S/C18H26N4/c1-14(20-9-8-19-3)15(2)21-10-11-22-17(13-21)12-16-6-4-5-7-18(16)22/h4-7,12,14,19-20H,2,8-11,13H2,1,3H3. The molecular formula is C18H26N4. The summed E-state index contributed by atoms with van der Waals surface area (Å²) in [5, 5.41) is 8.02. The molecule has 118 valence electrons. The number of likely N-dealkylation sites (N-methyl/N-ethyl adjacent to an activating group) is 1. The van der Waals surface area contributed by atoms with Gasteiger partial charge in [-0.1, -0.05) is 24.8 Å². The van der Waals surface area contributed by atoms with Crippen molar-refractivity contribution >= 4 is 10.9 Å². The van der Waals surface area contributed by atoms with Gasteiger partial charge < -0.3 is 20.1 Å². The number of hydrogen-bond donors (Lipinski definition) is 2. The summed E-state index contributed by atoms with van der Waals surface area (Å²) in [4.78, 5) is 2.41. The maximum Gasteiger partial charge on any atom is 0.0580 e. The quantitative estimate of drug-likeness (QED) is 0.802. The fraction of sp³-hybridized carbons (Fsp3) is 0.444. The molecule has 2 N–H and O–H groups in total. The zero-order chi connectivity index (χ0) is 15.5. The van der Waals surface area contributed by atoms with E-state index in [1.807, 2.05) is 7.05 Å². The summed E-state index contributed by atoms with van der Waals surface area (Å²) >= 11 is 0. The molecule has 1 atom stereocenters. The van der Waals surface area contributed by atoms with Crippen LogP contribution in [0.2, 0.25) is 0 Å². The maximum absolute atomic E-state index is 4.32. The number of nitrogens with one attached hydrogen (secondary N) is 2. The molecular weight excluding hydrogens is 272 g/mol. The van der Waals surface area contributed by atoms with Crippen LogP contribution in [0.5, 0.6) is 0 Å². The van der Waals surface area contributed by atoms with Crippen molar-refractivity contribution in [2.45, 2.75) is 26.1 Å². The molecule has 1 aromatic carbocycles. The molecule has 0 radical (unpaired) electrons. The molecule has 0 spiro atoms. The van der Waals surface area contributed by atoms with E-state index in [-0.39, 0.29) is 0 Å². The van der Waals surface area contributed by atoms with Gasteiger partial charge in [-0.3, -0.25) is 0 Å². The highest BCUT2D eigenvalue weighted by Gasteiger charge is 2.21. The Hall–Kier alpha value is -1.78. The number of nitrogens with zero attached hydrogens (tertiary/aromatic N) is 2. The number of rotatable bonds is 6. The number of hydrogen-bond acceptors (Lipinski definition) is 3. The van der Waals surface area contributed by atoms with Gasteiger partial charge in [0, 0.05) is 49.1 Å². The monoisotopic (exact) mass is 298 g/mol. The van der Waals surface area contributed by atoms with Crippen molar-refractivity contribution in [3.05, 3.63) is 48.3 Å². The van der Waals surface area contributed by atoms with Gasteiger partial charge in [0.15, 0.2) is 0 Å². The van der Waals surface area contributed by atoms with Crippen LogP contribution < -0.4 is 10.6 Å². The fourth-order valence-electron chi connectivity index (χ4n) is 3.21. The third-order valence-corrected chi connectivity index (χ3v) is 4.57. The van der Waals surface area contributed by atoms with E-state index in [1.165, 1.54) is 22.3 Å². The van der Waals surface area contributed by atoms with E-state index in [2.05, 4.69) is 63.9 Å². The van der Waals surface area contributed by atoms with E-state index in [4.69, 9.17) is 0 Å². The predicted octanol–water partition coefficient (Wildman–Crippen LogP) is 2.17. The second-order valence-corrected chi connectivity index (χ2v) is 6.04. The van der Waals surface area contributed by atoms with Gasteiger partial charge in [-0.15, -0.1) is 0 Å². The van der Waals surface area contributed by atoms with E-state index in [0.29, 0.717) is 6.04 Å². The van der Waals surface area contributed by atoms with Crippen molar-refractivity contribution < 1.29 is 0 Å². The summed E-state index contributed by atoms with van der Waals surface area (Å²) < 4.78 is 2.44. The van der Waals surface area contributed by atoms with Crippen LogP contribution >= 0.6 is 0 Å². The molecule has 0 bridgehead atoms. The normalized spacial score (nSPS) is 15.8. The Balaban J connectivity index is 1.70. The highest BCUT2D eigenvalue weighted by atomic mass is 15.2. The molecule has 1 aliphatic heterocycles. The third kappa shape index (κ3) is 2.89. The first kappa shape index (κ1) is 15.1. The Labute approximate surface area is 132 Å². The van der Waals surface area contributed by atoms with Gasteiger partial charge in [0.1, 0.15) is 0 Å². The molecule has 1 aliphatic rings. The molecule has 22 heavy (non-hydrogen) atoms. The summed E-state index contributed by atoms with van der Waals surface area (Å²) in [5.41, 5.74) is 3.92. The van der Waals surface area contributed by atoms with Crippen LogP contribution in [0.3, 0.4) is 0 Å². The van der Waals surface area contributed by atoms with E-state index in [0.717, 1.165) is 32.7 Å². The molecule has 1 aromatic heterocycles. The van der Waals surface area contributed by atoms with Crippen molar-refractivity contribution in [3.8, 4) is 0 Å². The lowest BCUT2D eigenvalue weighted by Crippen LogP contribution is -2.41. The van der Waals surface area contributed by atoms with Crippen molar-refractivity contribution in [3.63, 3.8) is 0 Å². The lowest BCUT2D eigenvalue weighted by Gasteiger charge is -2.35. The number of aromatic nitrogens is 1. The lowest BCUT2D eigenvalue weighted by molar-refractivity contribution is 0.261. The topological polar surface area (TPSA) is 32.2 Å². The maximum atomic E-state index is 4.32. The highest BCUT2D eigenvalue weighted by molar-refractivity contribution is 5.81. The summed E-state index contributed by atoms with van der Waals surface area (Å²) in [7, 11) is 1.98. The van der Waals surface area contributed by atoms with Gasteiger partial charge >= 0.3 is 0 Å². The average Bonchev–Trinajstić information content (AvgIpc) is 2.91. The van der Waals surface area contributed by atoms with Crippen molar-refractivity contribution in [2.75, 3.05) is 26.7 Å². The van der Waals surface area contributed by atoms with Crippen LogP contribution in [0, 0.1) is 0 Å². The number of benzene rings is 1. The molecule has 0 aliphatic carbocycles. The zero-order valence-corrected chi connectivity index (χ0v) is 13.6. The molecule has 3 rings (SSSR count). The van der Waals surface area contributed by atoms with E-state index in [1.54, 1.807) is 0 Å². The average molecular weight is 298 g/mol. The van der Waals surface area contributed by atoms with Crippen LogP contribution in [-0.2, 0) is 13.1 Å². The number of para-hydroxylation sites is 1. The molecule has 1 unspecified atom stereocenters. The predicted molar refractivity (Wildman–Crippen MR) is 92.9 cm³/mol. The Bertz CT molecular complexity index is 658. The van der Waals surface area contributed by atoms with Gasteiger partial charge in [-0.25, -0.2) is 0 Å². The Morgan fingerprint density at radius 3 is 2.91 bits per heavy atom. The summed E-state index contributed by atoms with van der Waals surface area (Å²) in [6.45, 7) is 11.5. The van der Waals surface area contributed by atoms with Crippen molar-refractivity contribution in [1.29, 1.82) is 0 Å². The van der Waals surface area contributed by atoms with E-state index >= 15 is 0 Å². The van der Waals surface area contributed by atoms with Crippen LogP contribution in [0.4, 0.5) is 0 Å². The van der Waals surface area contributed by atoms with E-state index < -0.39 is 0 Å². The van der Waals surface area contributed by atoms with Gasteiger partial charge in [-0.05, 0) is 31.5 Å². The molecule has 4 heteroatoms. The smallest absolute Gasteiger partial charge is 0.0580 e. The minimum absolute atomic E-state index is 0.310. The van der Waals surface area contributed by atoms with Gasteiger partial charge in [0.25, 0.3) is 0 Å². The zero-order valence-electron chi connectivity index (χ0n) is 13.6. The van der Waals surface area contributed by atoms with Crippen LogP contribution in [0.1, 0.15) is 12.6 Å². The summed E-state index contributed by atoms with van der Waals surface area (Å²) in [5.74, 6) is 0. The van der Waals surface area contributed by atoms with Crippen LogP contribution in [0.25, 0.3) is 10.9 Å². The Kier molecular flexibility index (Phi) is 4.50. The molecule has 0 amide bonds. The fourth-order valence-corrected chi connectivity index (χ4v) is 3.21. The minimum atomic E-state index is 0.310. The summed E-state index contributed by atoms with van der Waals surface area (Å²) in [6.07, 6.45) is 0. The molecule has 0 saturated carbocycles. The Morgan fingerprint density at radius 2 is 2.09 bits per heavy atom. The molecule has 4 nitrogen and oxygen atoms in total. The molecule has 2 heterocycles. The molecule has 2 aromatic rings. The van der Waals surface area contributed by atoms with Crippen molar-refractivity contribution in [2.24, 2.45) is 0 Å². The number of fused-ring (bicyclic) bond motifs is 3. The largest absolute Gasteiger partial charge is 0.366 e. The first-order chi connectivity index (χ1) is 10.7. The summed E-state index contributed by atoms with van der Waals surface area (Å²) in [6, 6.07) is 11.3. The SMILES string of the molecule is C=C(C(C)NCCNC)N1CCn2c(cc3ccccc32)C1. The van der Waals surface area contributed by atoms with Crippen molar-refractivity contribution in [1.82, 2.24) is 20.1 Å². The van der Waals surface area contributed by atoms with Gasteiger partial charge in [-0.2, -0.15) is 0 Å². The Morgan fingerprint density at radius 1 is 1.27 bits per heavy atom. The van der Waals surface area contributed by atoms with Gasteiger partial charge in [0.2, 0.25) is 0 Å². The highest BCUT2D eigenvalue weighted by Crippen LogP contribution is 2.25. The second kappa shape index (κ2) is 6.55. The van der Waals surface area contributed by atoms with E-state index in [9.17, 15) is 0 Å². The molecule has 0 saturated heterocycles. The minimum Gasteiger partial charge on any atom is -0.366 e. The van der Waals surface area contributed by atoms with Gasteiger partial charge in [0.05, 0.1) is 6.54 Å². The van der Waals surface area contributed by atoms with Crippen LogP contribution in [-0.4, -0.2) is 42.2 Å². The lowest BCUT2D eigenvalue weighted by atomic mass is 10.2. The second-order valence-electron chi connectivity index (χ2n) is 6.04. The van der Waals surface area contributed by atoms with Crippen LogP contribution in [0.15, 0.2) is 42.6 Å². The third-order valence-electron chi connectivity index (χ3n) is 4.57. The first-order valence-corrected chi connectivity index (χ1v) is 8.09. The first-order valence-electron chi connectivity index (χ1n) is 8.09. The molecule has 0 fully saturated rings.